The van der Waals surface area contributed by atoms with Crippen LogP contribution in [0, 0.1) is 0 Å². The van der Waals surface area contributed by atoms with Gasteiger partial charge in [-0.25, -0.2) is 0 Å². The highest BCUT2D eigenvalue weighted by Crippen LogP contribution is 2.22. The number of hydrogen-bond acceptors (Lipinski definition) is 4. The Kier molecular flexibility index (Phi) is 6.05. The lowest BCUT2D eigenvalue weighted by Crippen LogP contribution is -2.29. The Bertz CT molecular complexity index is 482. The van der Waals surface area contributed by atoms with Crippen molar-refractivity contribution in [3.8, 4) is 5.75 Å². The van der Waals surface area contributed by atoms with E-state index in [9.17, 15) is 0 Å². The third-order valence-corrected chi connectivity index (χ3v) is 4.00. The van der Waals surface area contributed by atoms with Crippen molar-refractivity contribution in [2.45, 2.75) is 32.2 Å². The molecule has 0 aliphatic heterocycles. The van der Waals surface area contributed by atoms with Crippen LogP contribution < -0.4 is 16.0 Å². The highest BCUT2D eigenvalue weighted by Gasteiger charge is 2.10. The van der Waals surface area contributed by atoms with E-state index in [1.807, 2.05) is 12.1 Å². The third kappa shape index (κ3) is 4.34. The van der Waals surface area contributed by atoms with Crippen molar-refractivity contribution in [3.63, 3.8) is 0 Å². The summed E-state index contributed by atoms with van der Waals surface area (Å²) in [6.45, 7) is 2.94. The van der Waals surface area contributed by atoms with Crippen LogP contribution in [0.5, 0.6) is 5.75 Å². The van der Waals surface area contributed by atoms with Gasteiger partial charge in [0, 0.05) is 0 Å². The highest BCUT2D eigenvalue weighted by molar-refractivity contribution is 7.07. The smallest absolute Gasteiger partial charge is 0.119 e. The van der Waals surface area contributed by atoms with Gasteiger partial charge in [-0.1, -0.05) is 25.5 Å². The number of nitrogens with one attached hydrogen (secondary N) is 1. The molecule has 0 bridgehead atoms. The molecule has 2 rings (SSSR count). The van der Waals surface area contributed by atoms with Gasteiger partial charge in [0.2, 0.25) is 0 Å². The van der Waals surface area contributed by atoms with Crippen LogP contribution in [0.15, 0.2) is 41.1 Å². The fraction of sp³-hybridized carbons (Fsp3) is 0.375. The molecular weight excluding hydrogens is 268 g/mol. The fourth-order valence-corrected chi connectivity index (χ4v) is 2.73. The van der Waals surface area contributed by atoms with Crippen molar-refractivity contribution >= 4 is 11.3 Å². The predicted octanol–water partition coefficient (Wildman–Crippen LogP) is 3.67. The summed E-state index contributed by atoms with van der Waals surface area (Å²) in [6, 6.07) is 10.5. The van der Waals surface area contributed by atoms with Crippen LogP contribution in [0.2, 0.25) is 0 Å². The lowest BCUT2D eigenvalue weighted by atomic mass is 10.0. The molecule has 0 spiro atoms. The first-order valence-electron chi connectivity index (χ1n) is 7.03. The lowest BCUT2D eigenvalue weighted by molar-refractivity contribution is 0.309. The Morgan fingerprint density at radius 1 is 1.25 bits per heavy atom. The van der Waals surface area contributed by atoms with Gasteiger partial charge in [0.25, 0.3) is 0 Å². The maximum atomic E-state index is 5.68. The Labute approximate surface area is 124 Å². The van der Waals surface area contributed by atoms with Crippen molar-refractivity contribution in [1.82, 2.24) is 5.43 Å². The second-order valence-corrected chi connectivity index (χ2v) is 5.61. The van der Waals surface area contributed by atoms with Crippen LogP contribution >= 0.6 is 11.3 Å². The first-order chi connectivity index (χ1) is 9.83. The van der Waals surface area contributed by atoms with Crippen molar-refractivity contribution in [1.29, 1.82) is 0 Å². The Hall–Kier alpha value is -1.36. The van der Waals surface area contributed by atoms with Crippen LogP contribution in [0.25, 0.3) is 0 Å². The number of hydrazine groups is 1. The van der Waals surface area contributed by atoms with E-state index < -0.39 is 0 Å². The second-order valence-electron chi connectivity index (χ2n) is 4.83. The van der Waals surface area contributed by atoms with Crippen molar-refractivity contribution in [2.24, 2.45) is 5.84 Å². The van der Waals surface area contributed by atoms with Gasteiger partial charge in [-0.15, -0.1) is 0 Å². The number of rotatable bonds is 8. The molecule has 108 valence electrons. The topological polar surface area (TPSA) is 47.3 Å². The number of thiophene rings is 1. The maximum absolute atomic E-state index is 5.68. The zero-order chi connectivity index (χ0) is 14.2. The van der Waals surface area contributed by atoms with Crippen LogP contribution in [0.4, 0.5) is 0 Å². The van der Waals surface area contributed by atoms with Gasteiger partial charge in [-0.05, 0) is 52.9 Å². The van der Waals surface area contributed by atoms with Gasteiger partial charge in [0.1, 0.15) is 5.75 Å². The number of benzene rings is 1. The van der Waals surface area contributed by atoms with Gasteiger partial charge in [-0.3, -0.25) is 11.3 Å². The SMILES string of the molecule is CCCCOc1ccc(C(Cc2ccsc2)NN)cc1. The minimum absolute atomic E-state index is 0.134. The quantitative estimate of drug-likeness (QED) is 0.443. The fourth-order valence-electron chi connectivity index (χ4n) is 2.05. The summed E-state index contributed by atoms with van der Waals surface area (Å²) in [4.78, 5) is 0. The standard InChI is InChI=1S/C16H22N2OS/c1-2-3-9-19-15-6-4-14(5-7-15)16(18-17)11-13-8-10-20-12-13/h4-8,10,12,16,18H,2-3,9,11,17H2,1H3. The monoisotopic (exact) mass is 290 g/mol. The molecule has 0 saturated heterocycles. The molecule has 2 aromatic rings. The maximum Gasteiger partial charge on any atom is 0.119 e. The Morgan fingerprint density at radius 2 is 2.05 bits per heavy atom. The number of nitrogens with two attached hydrogens (primary N) is 1. The minimum atomic E-state index is 0.134. The summed E-state index contributed by atoms with van der Waals surface area (Å²) in [6.07, 6.45) is 3.14. The zero-order valence-corrected chi connectivity index (χ0v) is 12.7. The third-order valence-electron chi connectivity index (χ3n) is 3.27. The summed E-state index contributed by atoms with van der Waals surface area (Å²) in [5.41, 5.74) is 5.38. The summed E-state index contributed by atoms with van der Waals surface area (Å²) < 4.78 is 5.67. The molecular formula is C16H22N2OS. The van der Waals surface area contributed by atoms with E-state index in [-0.39, 0.29) is 6.04 Å². The van der Waals surface area contributed by atoms with Crippen LogP contribution in [-0.2, 0) is 6.42 Å². The molecule has 1 unspecified atom stereocenters. The molecule has 1 atom stereocenters. The van der Waals surface area contributed by atoms with Gasteiger partial charge >= 0.3 is 0 Å². The van der Waals surface area contributed by atoms with E-state index in [2.05, 4.69) is 41.3 Å². The average molecular weight is 290 g/mol. The minimum Gasteiger partial charge on any atom is -0.494 e. The van der Waals surface area contributed by atoms with E-state index in [0.29, 0.717) is 0 Å². The van der Waals surface area contributed by atoms with Gasteiger partial charge in [0.15, 0.2) is 0 Å². The summed E-state index contributed by atoms with van der Waals surface area (Å²) in [7, 11) is 0. The Morgan fingerprint density at radius 3 is 2.65 bits per heavy atom. The summed E-state index contributed by atoms with van der Waals surface area (Å²) in [5, 5.41) is 4.25. The summed E-state index contributed by atoms with van der Waals surface area (Å²) >= 11 is 1.71. The molecule has 0 fully saturated rings. The molecule has 0 aliphatic rings. The van der Waals surface area contributed by atoms with E-state index in [0.717, 1.165) is 31.6 Å². The molecule has 20 heavy (non-hydrogen) atoms. The molecule has 1 aromatic carbocycles. The molecule has 1 aromatic heterocycles. The van der Waals surface area contributed by atoms with Crippen molar-refractivity contribution < 1.29 is 4.74 Å². The van der Waals surface area contributed by atoms with Crippen molar-refractivity contribution in [2.75, 3.05) is 6.61 Å². The van der Waals surface area contributed by atoms with Crippen LogP contribution in [0.3, 0.4) is 0 Å². The van der Waals surface area contributed by atoms with Gasteiger partial charge in [0.05, 0.1) is 12.6 Å². The molecule has 3 N–H and O–H groups in total. The predicted molar refractivity (Wildman–Crippen MR) is 84.9 cm³/mol. The largest absolute Gasteiger partial charge is 0.494 e. The molecule has 0 amide bonds. The van der Waals surface area contributed by atoms with Crippen LogP contribution in [0.1, 0.15) is 36.9 Å². The van der Waals surface area contributed by atoms with Gasteiger partial charge in [-0.2, -0.15) is 11.3 Å². The molecule has 4 heteroatoms. The first-order valence-corrected chi connectivity index (χ1v) is 7.97. The van der Waals surface area contributed by atoms with E-state index in [1.54, 1.807) is 11.3 Å². The average Bonchev–Trinajstić information content (AvgIpc) is 2.99. The summed E-state index contributed by atoms with van der Waals surface area (Å²) in [5.74, 6) is 6.60. The first kappa shape index (κ1) is 15.0. The molecule has 0 saturated carbocycles. The molecule has 3 nitrogen and oxygen atoms in total. The number of ether oxygens (including phenoxy) is 1. The van der Waals surface area contributed by atoms with Gasteiger partial charge < -0.3 is 4.74 Å². The second kappa shape index (κ2) is 8.04. The normalized spacial score (nSPS) is 12.3. The van der Waals surface area contributed by atoms with E-state index in [1.165, 1.54) is 11.1 Å². The van der Waals surface area contributed by atoms with Crippen LogP contribution in [-0.4, -0.2) is 6.61 Å². The number of unbranched alkanes of at least 4 members (excludes halogenated alkanes) is 1. The highest BCUT2D eigenvalue weighted by atomic mass is 32.1. The number of hydrogen-bond donors (Lipinski definition) is 2. The zero-order valence-electron chi connectivity index (χ0n) is 11.8. The molecule has 1 heterocycles. The lowest BCUT2D eigenvalue weighted by Gasteiger charge is -2.16. The van der Waals surface area contributed by atoms with E-state index in [4.69, 9.17) is 10.6 Å². The van der Waals surface area contributed by atoms with E-state index >= 15 is 0 Å². The molecule has 0 radical (unpaired) electrons. The molecule has 0 aliphatic carbocycles. The van der Waals surface area contributed by atoms with Crippen molar-refractivity contribution in [3.05, 3.63) is 52.2 Å². The Balaban J connectivity index is 1.96.